The maximum Gasteiger partial charge on any atom is 0.707 e. The van der Waals surface area contributed by atoms with Gasteiger partial charge in [-0.15, -0.1) is 0 Å². The summed E-state index contributed by atoms with van der Waals surface area (Å²) in [6.45, 7) is 4.33. The third kappa shape index (κ3) is 2.04. The number of fused-ring (bicyclic) bond motifs is 2. The first-order valence-electron chi connectivity index (χ1n) is 6.27. The maximum absolute atomic E-state index is 9.07. The lowest BCUT2D eigenvalue weighted by atomic mass is 9.77. The van der Waals surface area contributed by atoms with Crippen LogP contribution in [-0.2, 0) is 0 Å². The Labute approximate surface area is 114 Å². The smallest absolute Gasteiger partial charge is 0.512 e. The monoisotopic (exact) mass is 270 g/mol. The van der Waals surface area contributed by atoms with E-state index in [9.17, 15) is 0 Å². The Hall–Kier alpha value is -1.43. The van der Waals surface area contributed by atoms with Gasteiger partial charge in [0.1, 0.15) is 5.75 Å². The van der Waals surface area contributed by atoms with Crippen molar-refractivity contribution in [2.45, 2.75) is 13.8 Å². The highest BCUT2D eigenvalue weighted by atomic mass is 28.2. The molecule has 96 valence electrons. The highest BCUT2D eigenvalue weighted by Gasteiger charge is 2.29. The Morgan fingerprint density at radius 2 is 2.11 bits per heavy atom. The van der Waals surface area contributed by atoms with E-state index in [0.29, 0.717) is 5.75 Å². The van der Waals surface area contributed by atoms with Crippen LogP contribution in [0.1, 0.15) is 13.8 Å². The van der Waals surface area contributed by atoms with Crippen molar-refractivity contribution in [1.82, 2.24) is 0 Å². The minimum Gasteiger partial charge on any atom is -0.512 e. The fourth-order valence-electron chi connectivity index (χ4n) is 2.83. The molecule has 2 aliphatic carbocycles. The van der Waals surface area contributed by atoms with Crippen molar-refractivity contribution < 1.29 is 14.7 Å². The van der Waals surface area contributed by atoms with Gasteiger partial charge >= 0.3 is 7.32 Å². The molecule has 0 aliphatic heterocycles. The van der Waals surface area contributed by atoms with Crippen molar-refractivity contribution in [2.75, 3.05) is 0 Å². The van der Waals surface area contributed by atoms with E-state index in [1.54, 1.807) is 0 Å². The van der Waals surface area contributed by atoms with E-state index < -0.39 is 7.32 Å². The molecule has 0 radical (unpaired) electrons. The second-order valence-corrected chi connectivity index (χ2v) is 6.73. The summed E-state index contributed by atoms with van der Waals surface area (Å²) in [5.74, 6) is 0.557. The fraction of sp³-hybridized carbons (Fsp3) is 0.214. The quantitative estimate of drug-likeness (QED) is 0.717. The zero-order valence-corrected chi connectivity index (χ0v) is 12.1. The molecule has 0 unspecified atom stereocenters. The van der Waals surface area contributed by atoms with E-state index in [-0.39, 0.29) is 14.5 Å². The summed E-state index contributed by atoms with van der Waals surface area (Å²) in [6.07, 6.45) is 8.54. The third-order valence-electron chi connectivity index (χ3n) is 3.57. The Morgan fingerprint density at radius 1 is 1.32 bits per heavy atom. The second kappa shape index (κ2) is 4.30. The summed E-state index contributed by atoms with van der Waals surface area (Å²) in [7, 11) is -1.71. The molecule has 3 nitrogen and oxygen atoms in total. The van der Waals surface area contributed by atoms with Crippen LogP contribution in [0.25, 0.3) is 11.6 Å². The molecule has 0 atom stereocenters. The van der Waals surface area contributed by atoms with E-state index in [1.165, 1.54) is 16.0 Å². The van der Waals surface area contributed by atoms with Crippen LogP contribution >= 0.6 is 0 Å². The molecule has 0 aromatic carbocycles. The van der Waals surface area contributed by atoms with E-state index in [2.05, 4.69) is 43.8 Å². The molecule has 1 aromatic heterocycles. The lowest BCUT2D eigenvalue weighted by molar-refractivity contribution is 0.287. The molecule has 3 rings (SSSR count). The molecule has 0 bridgehead atoms. The van der Waals surface area contributed by atoms with Gasteiger partial charge in [-0.1, -0.05) is 43.8 Å². The Kier molecular flexibility index (Phi) is 2.85. The minimum atomic E-state index is -1.78. The van der Waals surface area contributed by atoms with Gasteiger partial charge in [-0.05, 0) is 22.0 Å². The molecule has 0 amide bonds. The molecule has 5 heteroatoms. The molecule has 2 aliphatic rings. The normalized spacial score (nSPS) is 18.3. The summed E-state index contributed by atoms with van der Waals surface area (Å²) in [6, 6.07) is 1.85. The van der Waals surface area contributed by atoms with Gasteiger partial charge in [0.2, 0.25) is 0 Å². The van der Waals surface area contributed by atoms with Gasteiger partial charge in [0.05, 0.1) is 0 Å². The van der Waals surface area contributed by atoms with E-state index in [4.69, 9.17) is 14.7 Å². The molecular formula is C14H15BO3Si. The summed E-state index contributed by atoms with van der Waals surface area (Å²) in [5, 5.41) is 19.2. The van der Waals surface area contributed by atoms with Crippen molar-refractivity contribution in [3.8, 4) is 5.75 Å². The van der Waals surface area contributed by atoms with Gasteiger partial charge < -0.3 is 14.7 Å². The Morgan fingerprint density at radius 3 is 2.84 bits per heavy atom. The van der Waals surface area contributed by atoms with Crippen LogP contribution < -0.4 is 14.7 Å². The van der Waals surface area contributed by atoms with Gasteiger partial charge in [-0.25, -0.2) is 0 Å². The predicted octanol–water partition coefficient (Wildman–Crippen LogP) is -0.428. The lowest BCUT2D eigenvalue weighted by Crippen LogP contribution is -2.34. The van der Waals surface area contributed by atoms with Crippen molar-refractivity contribution in [3.63, 3.8) is 0 Å². The number of rotatable bonds is 2. The lowest BCUT2D eigenvalue weighted by Gasteiger charge is -2.27. The highest BCUT2D eigenvalue weighted by Crippen LogP contribution is 2.39. The first kappa shape index (κ1) is 12.6. The van der Waals surface area contributed by atoms with Crippen molar-refractivity contribution in [3.05, 3.63) is 45.6 Å². The summed E-state index contributed by atoms with van der Waals surface area (Å²) in [5.41, 5.74) is 4.42. The molecule has 2 N–H and O–H groups in total. The van der Waals surface area contributed by atoms with E-state index in [0.717, 1.165) is 5.22 Å². The number of hydrogen-bond donors (Lipinski definition) is 2. The summed E-state index contributed by atoms with van der Waals surface area (Å²) >= 11 is 0. The average molecular weight is 270 g/mol. The molecule has 19 heavy (non-hydrogen) atoms. The average Bonchev–Trinajstić information content (AvgIpc) is 2.68. The zero-order valence-electron chi connectivity index (χ0n) is 10.9. The van der Waals surface area contributed by atoms with Crippen LogP contribution in [0, 0.1) is 5.41 Å². The SMILES string of the molecule is CC1(C)C=CC=C2C=c3[siH]ccc(OB(O)O)c3=C21. The van der Waals surface area contributed by atoms with Crippen LogP contribution in [0.2, 0.25) is 0 Å². The van der Waals surface area contributed by atoms with Crippen LogP contribution in [0.15, 0.2) is 35.5 Å². The van der Waals surface area contributed by atoms with Gasteiger partial charge in [0.25, 0.3) is 0 Å². The number of hydrogen-bond acceptors (Lipinski definition) is 3. The van der Waals surface area contributed by atoms with Crippen molar-refractivity contribution in [2.24, 2.45) is 5.41 Å². The Balaban J connectivity index is 2.35. The molecule has 1 aromatic rings. The minimum absolute atomic E-state index is 0.0721. The van der Waals surface area contributed by atoms with Crippen LogP contribution in [0.3, 0.4) is 0 Å². The van der Waals surface area contributed by atoms with Gasteiger partial charge in [0, 0.05) is 19.8 Å². The molecule has 0 spiro atoms. The largest absolute Gasteiger partial charge is 0.707 e. The van der Waals surface area contributed by atoms with Gasteiger partial charge in [-0.2, -0.15) is 0 Å². The first-order chi connectivity index (χ1) is 8.99. The molecule has 0 fully saturated rings. The first-order valence-corrected chi connectivity index (χ1v) is 7.52. The van der Waals surface area contributed by atoms with Gasteiger partial charge in [0.15, 0.2) is 0 Å². The standard InChI is InChI=1S/C14H15BO3Si/c1-14(2)6-3-4-9-8-11-12(13(9)14)10(5-7-19-11)18-15(16)17/h3-8,16-17,19H,1-2H3. The second-order valence-electron chi connectivity index (χ2n) is 5.39. The zero-order chi connectivity index (χ0) is 13.6. The van der Waals surface area contributed by atoms with Crippen LogP contribution in [0.5, 0.6) is 5.75 Å². The van der Waals surface area contributed by atoms with Crippen molar-refractivity contribution in [1.29, 1.82) is 0 Å². The Bertz CT molecular complexity index is 717. The van der Waals surface area contributed by atoms with Crippen LogP contribution in [-0.4, -0.2) is 26.5 Å². The molecular weight excluding hydrogens is 255 g/mol. The molecule has 0 saturated carbocycles. The third-order valence-corrected chi connectivity index (χ3v) is 4.77. The molecule has 1 heterocycles. The maximum atomic E-state index is 9.07. The van der Waals surface area contributed by atoms with Gasteiger partial charge in [-0.3, -0.25) is 0 Å². The predicted molar refractivity (Wildman–Crippen MR) is 78.1 cm³/mol. The van der Waals surface area contributed by atoms with Crippen molar-refractivity contribution >= 4 is 28.1 Å². The fourth-order valence-corrected chi connectivity index (χ4v) is 4.04. The number of allylic oxidation sites excluding steroid dienone is 4. The summed E-state index contributed by atoms with van der Waals surface area (Å²) in [4.78, 5) is 1.26. The van der Waals surface area contributed by atoms with E-state index >= 15 is 0 Å². The topological polar surface area (TPSA) is 49.7 Å². The highest BCUT2D eigenvalue weighted by molar-refractivity contribution is 6.34. The van der Waals surface area contributed by atoms with Crippen LogP contribution in [0.4, 0.5) is 0 Å². The summed E-state index contributed by atoms with van der Waals surface area (Å²) < 4.78 is 5.15. The molecule has 0 saturated heterocycles. The van der Waals surface area contributed by atoms with E-state index in [1.807, 2.05) is 6.07 Å².